The summed E-state index contributed by atoms with van der Waals surface area (Å²) in [7, 11) is 1.97. The number of aromatic nitrogens is 2. The highest BCUT2D eigenvalue weighted by Crippen LogP contribution is 2.02. The van der Waals surface area contributed by atoms with E-state index in [-0.39, 0.29) is 0 Å². The molecule has 1 aromatic rings. The molecule has 74 valence electrons. The van der Waals surface area contributed by atoms with Crippen LogP contribution in [0.25, 0.3) is 0 Å². The molecular weight excluding hydrogens is 186 g/mol. The first kappa shape index (κ1) is 10.5. The predicted molar refractivity (Wildman–Crippen MR) is 55.0 cm³/mol. The molecule has 0 aliphatic heterocycles. The second-order valence-corrected chi connectivity index (χ2v) is 3.35. The van der Waals surface area contributed by atoms with Gasteiger partial charge in [-0.15, -0.1) is 11.6 Å². The molecule has 0 aliphatic rings. The summed E-state index contributed by atoms with van der Waals surface area (Å²) >= 11 is 5.56. The van der Waals surface area contributed by atoms with Gasteiger partial charge in [-0.1, -0.05) is 6.92 Å². The topological polar surface area (TPSA) is 29.9 Å². The summed E-state index contributed by atoms with van der Waals surface area (Å²) in [4.78, 5) is 0. The summed E-state index contributed by atoms with van der Waals surface area (Å²) in [5, 5.41) is 7.59. The molecule has 0 saturated heterocycles. The third-order valence-corrected chi connectivity index (χ3v) is 2.16. The van der Waals surface area contributed by atoms with Crippen molar-refractivity contribution in [1.82, 2.24) is 15.1 Å². The Kier molecular flexibility index (Phi) is 4.25. The zero-order valence-corrected chi connectivity index (χ0v) is 8.93. The van der Waals surface area contributed by atoms with E-state index in [1.54, 1.807) is 0 Å². The number of hydrogen-bond donors (Lipinski definition) is 1. The molecule has 1 rings (SSSR count). The summed E-state index contributed by atoms with van der Waals surface area (Å²) in [6.45, 7) is 3.79. The first-order chi connectivity index (χ1) is 6.27. The van der Waals surface area contributed by atoms with Crippen LogP contribution in [0, 0.1) is 0 Å². The maximum atomic E-state index is 5.56. The van der Waals surface area contributed by atoms with Crippen molar-refractivity contribution in [3.63, 3.8) is 0 Å². The third-order valence-electron chi connectivity index (χ3n) is 1.97. The quantitative estimate of drug-likeness (QED) is 0.575. The first-order valence-electron chi connectivity index (χ1n) is 4.56. The second kappa shape index (κ2) is 5.25. The molecule has 0 unspecified atom stereocenters. The van der Waals surface area contributed by atoms with Crippen molar-refractivity contribution < 1.29 is 0 Å². The molecule has 4 heteroatoms. The first-order valence-corrected chi connectivity index (χ1v) is 5.09. The monoisotopic (exact) mass is 201 g/mol. The minimum atomic E-state index is 0.651. The summed E-state index contributed by atoms with van der Waals surface area (Å²) < 4.78 is 1.92. The van der Waals surface area contributed by atoms with E-state index < -0.39 is 0 Å². The number of aryl methyl sites for hydroxylation is 2. The molecule has 0 atom stereocenters. The molecule has 3 nitrogen and oxygen atoms in total. The lowest BCUT2D eigenvalue weighted by Crippen LogP contribution is -2.17. The maximum Gasteiger partial charge on any atom is 0.0625 e. The van der Waals surface area contributed by atoms with Crippen LogP contribution in [-0.2, 0) is 20.0 Å². The van der Waals surface area contributed by atoms with Crippen molar-refractivity contribution >= 4 is 11.6 Å². The highest BCUT2D eigenvalue weighted by molar-refractivity contribution is 6.18. The van der Waals surface area contributed by atoms with Gasteiger partial charge < -0.3 is 5.32 Å². The van der Waals surface area contributed by atoms with Crippen LogP contribution in [0.2, 0.25) is 0 Å². The number of halogens is 1. The second-order valence-electron chi connectivity index (χ2n) is 2.97. The molecule has 1 aromatic heterocycles. The SMILES string of the molecule is CCc1cc(CNCCCl)n(C)n1. The average molecular weight is 202 g/mol. The van der Waals surface area contributed by atoms with Gasteiger partial charge in [0.2, 0.25) is 0 Å². The molecule has 0 amide bonds. The van der Waals surface area contributed by atoms with Crippen LogP contribution in [0.15, 0.2) is 6.07 Å². The number of hydrogen-bond acceptors (Lipinski definition) is 2. The lowest BCUT2D eigenvalue weighted by molar-refractivity contribution is 0.640. The van der Waals surface area contributed by atoms with Crippen molar-refractivity contribution in [3.8, 4) is 0 Å². The van der Waals surface area contributed by atoms with Gasteiger partial charge in [-0.3, -0.25) is 4.68 Å². The summed E-state index contributed by atoms with van der Waals surface area (Å²) in [5.74, 6) is 0.651. The van der Waals surface area contributed by atoms with Crippen molar-refractivity contribution in [2.75, 3.05) is 12.4 Å². The largest absolute Gasteiger partial charge is 0.310 e. The predicted octanol–water partition coefficient (Wildman–Crippen LogP) is 1.31. The minimum Gasteiger partial charge on any atom is -0.310 e. The van der Waals surface area contributed by atoms with E-state index in [1.165, 1.54) is 5.69 Å². The van der Waals surface area contributed by atoms with Gasteiger partial charge in [-0.25, -0.2) is 0 Å². The van der Waals surface area contributed by atoms with Crippen molar-refractivity contribution in [1.29, 1.82) is 0 Å². The molecule has 1 heterocycles. The van der Waals surface area contributed by atoms with Gasteiger partial charge in [-0.2, -0.15) is 5.10 Å². The molecule has 1 N–H and O–H groups in total. The molecule has 0 bridgehead atoms. The molecule has 0 radical (unpaired) electrons. The molecule has 0 spiro atoms. The molecule has 0 saturated carbocycles. The normalized spacial score (nSPS) is 10.7. The van der Waals surface area contributed by atoms with Gasteiger partial charge >= 0.3 is 0 Å². The van der Waals surface area contributed by atoms with Crippen LogP contribution in [0.1, 0.15) is 18.3 Å². The third kappa shape index (κ3) is 3.01. The highest BCUT2D eigenvalue weighted by atomic mass is 35.5. The standard InChI is InChI=1S/C9H16ClN3/c1-3-8-6-9(13(2)12-8)7-11-5-4-10/h6,11H,3-5,7H2,1-2H3. The Balaban J connectivity index is 2.50. The molecule has 13 heavy (non-hydrogen) atoms. The van der Waals surface area contributed by atoms with Gasteiger partial charge in [0, 0.05) is 26.0 Å². The fourth-order valence-electron chi connectivity index (χ4n) is 1.19. The average Bonchev–Trinajstić information content (AvgIpc) is 2.48. The fourth-order valence-corrected chi connectivity index (χ4v) is 1.33. The Labute approximate surface area is 84.1 Å². The fraction of sp³-hybridized carbons (Fsp3) is 0.667. The van der Waals surface area contributed by atoms with Crippen molar-refractivity contribution in [2.24, 2.45) is 7.05 Å². The van der Waals surface area contributed by atoms with Crippen LogP contribution in [0.5, 0.6) is 0 Å². The van der Waals surface area contributed by atoms with Gasteiger partial charge in [0.1, 0.15) is 0 Å². The molecule has 0 aliphatic carbocycles. The Hall–Kier alpha value is -0.540. The molecule has 0 fully saturated rings. The number of nitrogens with one attached hydrogen (secondary N) is 1. The van der Waals surface area contributed by atoms with E-state index in [1.807, 2.05) is 11.7 Å². The van der Waals surface area contributed by atoms with E-state index >= 15 is 0 Å². The lowest BCUT2D eigenvalue weighted by Gasteiger charge is -2.01. The number of alkyl halides is 1. The Bertz CT molecular complexity index is 257. The van der Waals surface area contributed by atoms with E-state index in [9.17, 15) is 0 Å². The van der Waals surface area contributed by atoms with Gasteiger partial charge in [0.15, 0.2) is 0 Å². The lowest BCUT2D eigenvalue weighted by atomic mass is 10.3. The molecular formula is C9H16ClN3. The smallest absolute Gasteiger partial charge is 0.0625 e. The number of nitrogens with zero attached hydrogens (tertiary/aromatic N) is 2. The highest BCUT2D eigenvalue weighted by Gasteiger charge is 2.01. The number of rotatable bonds is 5. The summed E-state index contributed by atoms with van der Waals surface area (Å²) in [6.07, 6.45) is 0.989. The zero-order valence-electron chi connectivity index (χ0n) is 8.18. The summed E-state index contributed by atoms with van der Waals surface area (Å²) in [5.41, 5.74) is 2.35. The van der Waals surface area contributed by atoms with Crippen LogP contribution >= 0.6 is 11.6 Å². The zero-order chi connectivity index (χ0) is 9.68. The van der Waals surface area contributed by atoms with Gasteiger partial charge in [0.25, 0.3) is 0 Å². The van der Waals surface area contributed by atoms with E-state index in [0.717, 1.165) is 25.2 Å². The van der Waals surface area contributed by atoms with Gasteiger partial charge in [-0.05, 0) is 12.5 Å². The van der Waals surface area contributed by atoms with Gasteiger partial charge in [0.05, 0.1) is 11.4 Å². The van der Waals surface area contributed by atoms with E-state index in [4.69, 9.17) is 11.6 Å². The Morgan fingerprint density at radius 3 is 2.92 bits per heavy atom. The minimum absolute atomic E-state index is 0.651. The summed E-state index contributed by atoms with van der Waals surface area (Å²) in [6, 6.07) is 2.13. The Morgan fingerprint density at radius 1 is 1.62 bits per heavy atom. The van der Waals surface area contributed by atoms with Crippen LogP contribution in [0.4, 0.5) is 0 Å². The van der Waals surface area contributed by atoms with Crippen molar-refractivity contribution in [3.05, 3.63) is 17.5 Å². The Morgan fingerprint density at radius 2 is 2.38 bits per heavy atom. The van der Waals surface area contributed by atoms with Crippen molar-refractivity contribution in [2.45, 2.75) is 19.9 Å². The van der Waals surface area contributed by atoms with Crippen LogP contribution in [-0.4, -0.2) is 22.2 Å². The molecule has 0 aromatic carbocycles. The van der Waals surface area contributed by atoms with E-state index in [2.05, 4.69) is 23.4 Å². The van der Waals surface area contributed by atoms with Crippen LogP contribution in [0.3, 0.4) is 0 Å². The van der Waals surface area contributed by atoms with Crippen LogP contribution < -0.4 is 5.32 Å². The maximum absolute atomic E-state index is 5.56. The van der Waals surface area contributed by atoms with E-state index in [0.29, 0.717) is 5.88 Å².